The molecule has 0 amide bonds. The molecule has 2 unspecified atom stereocenters. The van der Waals surface area contributed by atoms with Gasteiger partial charge >= 0.3 is 0 Å². The van der Waals surface area contributed by atoms with Crippen molar-refractivity contribution in [1.29, 1.82) is 0 Å². The lowest BCUT2D eigenvalue weighted by molar-refractivity contribution is -0.767. The van der Waals surface area contributed by atoms with E-state index < -0.39 is 0 Å². The largest absolute Gasteiger partial charge is 0.479 e. The van der Waals surface area contributed by atoms with Gasteiger partial charge in [0, 0.05) is 17.2 Å². The number of imidazole rings is 1. The Morgan fingerprint density at radius 1 is 1.21 bits per heavy atom. The van der Waals surface area contributed by atoms with Crippen molar-refractivity contribution < 1.29 is 9.22 Å². The lowest BCUT2D eigenvalue weighted by Gasteiger charge is -2.30. The number of methoxy groups -OCH3 is 1. The normalized spacial score (nSPS) is 23.6. The Labute approximate surface area is 198 Å². The van der Waals surface area contributed by atoms with Crippen LogP contribution >= 0.6 is 11.3 Å². The number of hydrogen-bond donors (Lipinski definition) is 1. The van der Waals surface area contributed by atoms with E-state index in [4.69, 9.17) is 14.7 Å². The van der Waals surface area contributed by atoms with Gasteiger partial charge in [0.25, 0.3) is 0 Å². The summed E-state index contributed by atoms with van der Waals surface area (Å²) in [5.74, 6) is 1.95. The van der Waals surface area contributed by atoms with E-state index >= 15 is 0 Å². The maximum atomic E-state index is 5.59. The summed E-state index contributed by atoms with van der Waals surface area (Å²) in [5, 5.41) is 6.78. The molecule has 6 rings (SSSR count). The minimum Gasteiger partial charge on any atom is -0.479 e. The molecule has 0 aromatic carbocycles. The third-order valence-electron chi connectivity index (χ3n) is 7.23. The number of fused-ring (bicyclic) bond motifs is 2. The van der Waals surface area contributed by atoms with Crippen molar-refractivity contribution in [2.24, 2.45) is 0 Å². The molecule has 0 spiro atoms. The Balaban J connectivity index is 1.30. The number of allylic oxidation sites excluding steroid dienone is 2. The Hall–Kier alpha value is -2.97. The fraction of sp³-hybridized carbons (Fsp3) is 0.400. The van der Waals surface area contributed by atoms with Gasteiger partial charge in [-0.3, -0.25) is 9.80 Å². The monoisotopic (exact) mass is 461 g/mol. The van der Waals surface area contributed by atoms with E-state index in [9.17, 15) is 0 Å². The molecule has 2 atom stereocenters. The van der Waals surface area contributed by atoms with E-state index in [1.54, 1.807) is 30.3 Å². The number of aromatic nitrogens is 4. The standard InChI is InChI=1S/C25H29N6OS/c1-4-31-13-18(31)11-17-7-5-6-8-19(17)23(31)29-25-28-21(14-33-25)20-9-10-22(24(27-20)32-3)30-12-16(2)26-15-30/h9-12,14-15,18H,4-8,13H2,1-3H3,(H,28,29)/q+1. The zero-order valence-electron chi connectivity index (χ0n) is 19.3. The van der Waals surface area contributed by atoms with Gasteiger partial charge in [0.2, 0.25) is 11.7 Å². The summed E-state index contributed by atoms with van der Waals surface area (Å²) >= 11 is 1.64. The number of pyridine rings is 1. The Morgan fingerprint density at radius 2 is 2.09 bits per heavy atom. The SMILES string of the molecule is CC[N+]12CC1C=C1CCCCC1=C2Nc1nc(-c2ccc(-n3cnc(C)c3)c(OC)n2)cs1. The third-order valence-corrected chi connectivity index (χ3v) is 7.99. The number of aryl methyl sites for hydroxylation is 1. The van der Waals surface area contributed by atoms with Gasteiger partial charge < -0.3 is 9.30 Å². The molecular weight excluding hydrogens is 432 g/mol. The highest BCUT2D eigenvalue weighted by molar-refractivity contribution is 7.14. The molecule has 3 aromatic heterocycles. The van der Waals surface area contributed by atoms with Crippen molar-refractivity contribution in [1.82, 2.24) is 19.5 Å². The van der Waals surface area contributed by atoms with Crippen molar-refractivity contribution in [2.45, 2.75) is 45.6 Å². The fourth-order valence-electron chi connectivity index (χ4n) is 5.36. The molecule has 2 aliphatic heterocycles. The number of anilines is 1. The van der Waals surface area contributed by atoms with Crippen LogP contribution in [0.1, 0.15) is 38.3 Å². The van der Waals surface area contributed by atoms with Gasteiger partial charge in [-0.25, -0.2) is 15.0 Å². The number of nitrogens with one attached hydrogen (secondary N) is 1. The summed E-state index contributed by atoms with van der Waals surface area (Å²) in [4.78, 5) is 14.0. The number of rotatable bonds is 6. The predicted octanol–water partition coefficient (Wildman–Crippen LogP) is 5.06. The molecule has 8 heteroatoms. The zero-order chi connectivity index (χ0) is 22.6. The second kappa shape index (κ2) is 7.81. The van der Waals surface area contributed by atoms with Crippen molar-refractivity contribution in [3.05, 3.63) is 58.8 Å². The van der Waals surface area contributed by atoms with Crippen LogP contribution in [0.25, 0.3) is 17.1 Å². The smallest absolute Gasteiger partial charge is 0.238 e. The van der Waals surface area contributed by atoms with Gasteiger partial charge in [-0.05, 0) is 63.3 Å². The van der Waals surface area contributed by atoms with Crippen LogP contribution in [-0.2, 0) is 0 Å². The second-order valence-electron chi connectivity index (χ2n) is 9.14. The highest BCUT2D eigenvalue weighted by atomic mass is 32.1. The molecule has 7 nitrogen and oxygen atoms in total. The van der Waals surface area contributed by atoms with Crippen LogP contribution < -0.4 is 10.1 Å². The summed E-state index contributed by atoms with van der Waals surface area (Å²) in [6, 6.07) is 4.65. The van der Waals surface area contributed by atoms with E-state index in [0.717, 1.165) is 38.9 Å². The minimum absolute atomic E-state index is 0.559. The number of thiazole rings is 1. The van der Waals surface area contributed by atoms with Crippen LogP contribution in [0.5, 0.6) is 5.88 Å². The molecule has 0 bridgehead atoms. The highest BCUT2D eigenvalue weighted by Crippen LogP contribution is 2.49. The summed E-state index contributed by atoms with van der Waals surface area (Å²) in [5.41, 5.74) is 6.59. The quantitative estimate of drug-likeness (QED) is 0.410. The fourth-order valence-corrected chi connectivity index (χ4v) is 6.06. The molecule has 2 fully saturated rings. The molecule has 1 saturated carbocycles. The van der Waals surface area contributed by atoms with Crippen LogP contribution in [0.15, 0.2) is 53.1 Å². The van der Waals surface area contributed by atoms with Crippen LogP contribution in [0, 0.1) is 6.92 Å². The number of hydrogen-bond acceptors (Lipinski definition) is 6. The van der Waals surface area contributed by atoms with Gasteiger partial charge in [0.15, 0.2) is 11.2 Å². The third kappa shape index (κ3) is 3.40. The van der Waals surface area contributed by atoms with Crippen LogP contribution in [0.2, 0.25) is 0 Å². The van der Waals surface area contributed by atoms with Gasteiger partial charge in [0.05, 0.1) is 31.4 Å². The maximum absolute atomic E-state index is 5.59. The average molecular weight is 462 g/mol. The summed E-state index contributed by atoms with van der Waals surface area (Å²) in [6.07, 6.45) is 11.3. The van der Waals surface area contributed by atoms with E-state index in [1.165, 1.54) is 43.6 Å². The molecule has 1 N–H and O–H groups in total. The van der Waals surface area contributed by atoms with Crippen molar-refractivity contribution in [3.63, 3.8) is 0 Å². The molecule has 5 heterocycles. The van der Waals surface area contributed by atoms with E-state index in [2.05, 4.69) is 28.7 Å². The molecule has 33 heavy (non-hydrogen) atoms. The summed E-state index contributed by atoms with van der Waals surface area (Å²) < 4.78 is 8.57. The maximum Gasteiger partial charge on any atom is 0.238 e. The highest BCUT2D eigenvalue weighted by Gasteiger charge is 2.59. The molecular formula is C25H29N6OS+. The average Bonchev–Trinajstić information content (AvgIpc) is 3.14. The van der Waals surface area contributed by atoms with Gasteiger partial charge in [-0.15, -0.1) is 11.3 Å². The molecule has 0 radical (unpaired) electrons. The molecule has 170 valence electrons. The molecule has 3 aromatic rings. The van der Waals surface area contributed by atoms with Crippen LogP contribution in [0.4, 0.5) is 5.13 Å². The Bertz CT molecular complexity index is 1290. The predicted molar refractivity (Wildman–Crippen MR) is 130 cm³/mol. The number of quaternary nitrogens is 1. The first-order valence-corrected chi connectivity index (χ1v) is 12.6. The second-order valence-corrected chi connectivity index (χ2v) is 9.99. The van der Waals surface area contributed by atoms with Crippen molar-refractivity contribution >= 4 is 16.5 Å². The van der Waals surface area contributed by atoms with E-state index in [1.807, 2.05) is 29.8 Å². The Kier molecular flexibility index (Phi) is 4.88. The lowest BCUT2D eigenvalue weighted by atomic mass is 9.87. The van der Waals surface area contributed by atoms with Crippen LogP contribution in [-0.4, -0.2) is 50.2 Å². The Morgan fingerprint density at radius 3 is 2.88 bits per heavy atom. The van der Waals surface area contributed by atoms with Crippen molar-refractivity contribution in [2.75, 3.05) is 25.5 Å². The molecule has 3 aliphatic rings. The first-order valence-electron chi connectivity index (χ1n) is 11.7. The molecule has 1 aliphatic carbocycles. The first kappa shape index (κ1) is 20.6. The summed E-state index contributed by atoms with van der Waals surface area (Å²) in [7, 11) is 1.65. The summed E-state index contributed by atoms with van der Waals surface area (Å²) in [6.45, 7) is 6.59. The van der Waals surface area contributed by atoms with E-state index in [-0.39, 0.29) is 0 Å². The first-order chi connectivity index (χ1) is 16.1. The van der Waals surface area contributed by atoms with E-state index in [0.29, 0.717) is 11.9 Å². The van der Waals surface area contributed by atoms with Crippen molar-refractivity contribution in [3.8, 4) is 23.0 Å². The lowest BCUT2D eigenvalue weighted by Crippen LogP contribution is -2.36. The molecule has 1 saturated heterocycles. The topological polar surface area (TPSA) is 64.9 Å². The zero-order valence-corrected chi connectivity index (χ0v) is 20.2. The van der Waals surface area contributed by atoms with Gasteiger partial charge in [0.1, 0.15) is 17.9 Å². The number of nitrogens with zero attached hydrogens (tertiary/aromatic N) is 5. The number of likely N-dealkylation sites (N-methyl/N-ethyl adjacent to an activating group) is 1. The van der Waals surface area contributed by atoms with Crippen LogP contribution in [0.3, 0.4) is 0 Å². The number of ether oxygens (including phenoxy) is 1. The van der Waals surface area contributed by atoms with Gasteiger partial charge in [-0.1, -0.05) is 0 Å². The minimum atomic E-state index is 0.559. The van der Waals surface area contributed by atoms with Gasteiger partial charge in [-0.2, -0.15) is 0 Å².